The highest BCUT2D eigenvalue weighted by Crippen LogP contribution is 2.43. The molecule has 102 heavy (non-hydrogen) atoms. The van der Waals surface area contributed by atoms with Crippen LogP contribution in [-0.2, 0) is 60.7 Å². The fraction of sp³-hybridized carbons (Fsp3) is 0.200. The number of urea groups is 1. The van der Waals surface area contributed by atoms with Gasteiger partial charge in [-0.25, -0.2) is 49.2 Å². The van der Waals surface area contributed by atoms with Crippen molar-refractivity contribution in [2.45, 2.75) is 55.4 Å². The summed E-state index contributed by atoms with van der Waals surface area (Å²) in [6.07, 6.45) is -4.76. The number of hydrogen-bond donors (Lipinski definition) is 3. The van der Waals surface area contributed by atoms with E-state index in [1.807, 2.05) is 12.1 Å². The highest BCUT2D eigenvalue weighted by Gasteiger charge is 2.35. The molecule has 0 saturated heterocycles. The number of benzene rings is 6. The lowest BCUT2D eigenvalue weighted by Crippen LogP contribution is -2.41. The number of ether oxygens (including phenoxy) is 8. The Morgan fingerprint density at radius 2 is 0.961 bits per heavy atom. The summed E-state index contributed by atoms with van der Waals surface area (Å²) in [6.45, 7) is 0.193. The van der Waals surface area contributed by atoms with E-state index in [-0.39, 0.29) is 105 Å². The van der Waals surface area contributed by atoms with E-state index in [9.17, 15) is 53.6 Å². The van der Waals surface area contributed by atoms with Gasteiger partial charge in [0.15, 0.2) is 40.2 Å². The first-order valence-corrected chi connectivity index (χ1v) is 33.9. The Labute approximate surface area is 612 Å². The van der Waals surface area contributed by atoms with E-state index in [4.69, 9.17) is 89.7 Å². The highest BCUT2D eigenvalue weighted by molar-refractivity contribution is 9.10. The molecule has 8 aromatic rings. The van der Waals surface area contributed by atoms with Crippen LogP contribution in [0.4, 0.5) is 28.0 Å². The van der Waals surface area contributed by atoms with Gasteiger partial charge in [-0.3, -0.25) is 25.1 Å². The summed E-state index contributed by atoms with van der Waals surface area (Å²) in [5.74, 6) is -1.18. The van der Waals surface area contributed by atoms with Crippen molar-refractivity contribution in [3.8, 4) is 57.8 Å². The van der Waals surface area contributed by atoms with Gasteiger partial charge in [-0.15, -0.1) is 0 Å². The number of primary amides is 1. The summed E-state index contributed by atoms with van der Waals surface area (Å²) in [5, 5.41) is 11.8. The Morgan fingerprint density at radius 1 is 0.608 bits per heavy atom. The van der Waals surface area contributed by atoms with Crippen molar-refractivity contribution in [2.24, 2.45) is 10.8 Å². The van der Waals surface area contributed by atoms with Crippen molar-refractivity contribution in [1.29, 1.82) is 5.41 Å². The normalized spacial score (nSPS) is 12.1. The molecule has 0 saturated carbocycles. The van der Waals surface area contributed by atoms with Crippen molar-refractivity contribution < 1.29 is 91.5 Å². The van der Waals surface area contributed by atoms with E-state index in [0.717, 1.165) is 39.2 Å². The molecule has 4 amide bonds. The number of sulfonamides is 2. The molecule has 1 aliphatic heterocycles. The van der Waals surface area contributed by atoms with Crippen LogP contribution in [0.3, 0.4) is 0 Å². The maximum Gasteiger partial charge on any atom is 0.319 e. The van der Waals surface area contributed by atoms with Gasteiger partial charge >= 0.3 is 6.03 Å². The average Bonchev–Trinajstić information content (AvgIpc) is 0.793. The molecule has 1 aliphatic rings. The smallest absolute Gasteiger partial charge is 0.319 e. The topological polar surface area (TPSA) is 320 Å². The van der Waals surface area contributed by atoms with Gasteiger partial charge in [-0.2, -0.15) is 18.7 Å². The molecule has 37 heteroatoms. The van der Waals surface area contributed by atoms with Gasteiger partial charge in [-0.1, -0.05) is 111 Å². The zero-order valence-electron chi connectivity index (χ0n) is 54.1. The molecule has 0 unspecified atom stereocenters. The van der Waals surface area contributed by atoms with Gasteiger partial charge in [0, 0.05) is 52.2 Å². The number of nitrogens with two attached hydrogens (primary N) is 1. The van der Waals surface area contributed by atoms with Crippen LogP contribution in [0.5, 0.6) is 57.8 Å². The number of anilines is 1. The van der Waals surface area contributed by atoms with E-state index < -0.39 is 74.4 Å². The number of methoxy groups -OCH3 is 4. The molecule has 3 radical (unpaired) electrons. The van der Waals surface area contributed by atoms with E-state index in [1.54, 1.807) is 111 Å². The number of nitrogens with zero attached hydrogens (tertiary/aromatic N) is 6. The summed E-state index contributed by atoms with van der Waals surface area (Å²) in [7, 11) is 0.755. The van der Waals surface area contributed by atoms with Crippen molar-refractivity contribution in [1.82, 2.24) is 23.9 Å². The van der Waals surface area contributed by atoms with E-state index in [2.05, 4.69) is 36.7 Å². The minimum Gasteiger partial charge on any atom is -0.497 e. The van der Waals surface area contributed by atoms with E-state index >= 15 is 0 Å². The highest BCUT2D eigenvalue weighted by atomic mass is 79.9. The van der Waals surface area contributed by atoms with Gasteiger partial charge < -0.3 is 43.6 Å². The van der Waals surface area contributed by atoms with Crippen molar-refractivity contribution in [2.75, 3.05) is 47.5 Å². The number of halogens is 9. The number of Topliss-reactive ketones (excluding diaryl/α,β-unsaturated/α-hetero) is 1. The van der Waals surface area contributed by atoms with Crippen molar-refractivity contribution >= 4 is 132 Å². The third-order valence-electron chi connectivity index (χ3n) is 13.8. The van der Waals surface area contributed by atoms with Crippen LogP contribution in [0.25, 0.3) is 0 Å². The second-order valence-corrected chi connectivity index (χ2v) is 27.3. The fourth-order valence-corrected chi connectivity index (χ4v) is 12.9. The molecule has 0 aliphatic carbocycles. The second kappa shape index (κ2) is 37.0. The van der Waals surface area contributed by atoms with Crippen LogP contribution in [0.2, 0.25) is 20.1 Å². The monoisotopic (exact) mass is 1590 g/mol. The van der Waals surface area contributed by atoms with E-state index in [0.29, 0.717) is 38.0 Å². The number of alkyl halides is 4. The maximum atomic E-state index is 14.0. The minimum absolute atomic E-state index is 0. The second-order valence-electron chi connectivity index (χ2n) is 20.7. The van der Waals surface area contributed by atoms with Gasteiger partial charge in [-0.05, 0) is 95.1 Å². The Hall–Kier alpha value is -9.32. The molecule has 0 fully saturated rings. The Balaban J connectivity index is 0.000000282. The quantitative estimate of drug-likeness (QED) is 0.0196. The zero-order chi connectivity index (χ0) is 74.0. The lowest BCUT2D eigenvalue weighted by molar-refractivity contribution is -0.124. The Bertz CT molecular complexity index is 4570. The molecule has 6 aromatic carbocycles. The Kier molecular flexibility index (Phi) is 29.6. The van der Waals surface area contributed by atoms with Gasteiger partial charge in [0.1, 0.15) is 46.0 Å². The lowest BCUT2D eigenvalue weighted by Gasteiger charge is -2.23. The van der Waals surface area contributed by atoms with Crippen LogP contribution < -0.4 is 54.0 Å². The molecular formula is C65H58BBrCl4F4N9O16S2. The molecule has 2 aromatic heterocycles. The van der Waals surface area contributed by atoms with Crippen LogP contribution >= 0.6 is 62.3 Å². The van der Waals surface area contributed by atoms with Gasteiger partial charge in [0.25, 0.3) is 24.7 Å². The van der Waals surface area contributed by atoms with Gasteiger partial charge in [0.05, 0.1) is 73.0 Å². The number of ketones is 1. The average molecular weight is 1590 g/mol. The molecule has 3 heterocycles. The number of hydrogen-bond acceptors (Lipinski definition) is 20. The molecule has 4 N–H and O–H groups in total. The first-order chi connectivity index (χ1) is 47.8. The molecule has 25 nitrogen and oxygen atoms in total. The summed E-state index contributed by atoms with van der Waals surface area (Å²) in [4.78, 5) is 52.5. The van der Waals surface area contributed by atoms with Gasteiger partial charge in [0.2, 0.25) is 31.8 Å². The Morgan fingerprint density at radius 3 is 1.29 bits per heavy atom. The number of carbonyl (C=O) groups excluding carboxylic acids is 4. The summed E-state index contributed by atoms with van der Waals surface area (Å²) in [5.41, 5.74) is 4.73. The number of hydrazone groups is 1. The molecule has 0 bridgehead atoms. The fourth-order valence-electron chi connectivity index (χ4n) is 8.56. The zero-order valence-corrected chi connectivity index (χ0v) is 60.4. The largest absolute Gasteiger partial charge is 0.497 e. The number of aromatic nitrogens is 2. The number of imide groups is 1. The number of amides is 4. The lowest BCUT2D eigenvalue weighted by atomic mass is 10.1. The molecule has 537 valence electrons. The molecule has 0 spiro atoms. The number of pyridine rings is 2. The first-order valence-electron chi connectivity index (χ1n) is 28.8. The third-order valence-corrected chi connectivity index (χ3v) is 19.0. The van der Waals surface area contributed by atoms with Crippen LogP contribution in [-0.4, -0.2) is 134 Å². The van der Waals surface area contributed by atoms with Crippen LogP contribution in [0, 0.1) is 5.41 Å². The summed E-state index contributed by atoms with van der Waals surface area (Å²) in [6, 6.07) is 34.9. The van der Waals surface area contributed by atoms with Crippen LogP contribution in [0.15, 0.2) is 165 Å². The SMILES string of the molecule is COc1ccc(COc2cnc(Oc3c(Cl)cc(Br)cc3Cl)cc2S(=O)(=O)N(C)Cc2ccc(OC)cc2)cc1.COc1ccc(COc2cnc(Oc3c(Cl)cc(N4N=C(C(F)F)C(=O)CC4=O)cc3Cl)cc2S(=O)(=O)N(C)Cc2ccc(OC)cc2)cc1.N=C(C(=O)NC(N)=O)C(F)F.[B]. The first kappa shape index (κ1) is 81.6. The standard InChI is InChI=1S/C33H28Cl2F2N4O8S.C28H25BrCl2N2O6S.C4H5F2N3O2.B/c1-40(17-19-4-8-22(46-2)9-5-19)50(44,45)28-15-29(38-16-27(28)48-18-20-6-10-23(47-3)11-7-20)49-32-24(34)12-21(13-25(32)35)41-30(43)14-26(42)31(39-41)33(36)37;1-33(16-18-4-8-21(36-2)9-5-18)40(34,35)26-14-27(39-28-23(30)12-20(29)13-24(28)31)32-15-25(26)38-17-19-6-10-22(37-3)11-7-19;5-2(6)1(7)3(10)9-4(8)11;/h4-13,15-16,33H,14,17-18H2,1-3H3;4-15H,16-17H2,1-3H3;2,7H,(H3,8,9,10,11);. The number of nitrogens with one attached hydrogen (secondary N) is 2. The maximum absolute atomic E-state index is 14.0. The third kappa shape index (κ3) is 21.9. The number of carbonyl (C=O) groups is 4. The summed E-state index contributed by atoms with van der Waals surface area (Å²) < 4.78 is 153. The minimum atomic E-state index is -4.25. The predicted molar refractivity (Wildman–Crippen MR) is 375 cm³/mol. The van der Waals surface area contributed by atoms with Crippen molar-refractivity contribution in [3.63, 3.8) is 0 Å². The summed E-state index contributed by atoms with van der Waals surface area (Å²) >= 11 is 28.8. The molecular weight excluding hydrogens is 1540 g/mol. The molecule has 0 atom stereocenters. The van der Waals surface area contributed by atoms with Crippen LogP contribution in [0.1, 0.15) is 28.7 Å². The molecule has 9 rings (SSSR count). The predicted octanol–water partition coefficient (Wildman–Crippen LogP) is 13.0. The van der Waals surface area contributed by atoms with E-state index in [1.165, 1.54) is 56.4 Å². The van der Waals surface area contributed by atoms with Crippen molar-refractivity contribution in [3.05, 3.63) is 193 Å². The number of rotatable bonds is 26.